The quantitative estimate of drug-likeness (QED) is 0.157. The molecule has 2 aromatic heterocycles. The van der Waals surface area contributed by atoms with E-state index in [2.05, 4.69) is 67.3 Å². The van der Waals surface area contributed by atoms with Crippen molar-refractivity contribution in [2.45, 2.75) is 130 Å². The highest BCUT2D eigenvalue weighted by Crippen LogP contribution is 2.68. The number of benzene rings is 1. The van der Waals surface area contributed by atoms with Crippen LogP contribution in [0.15, 0.2) is 64.1 Å². The zero-order chi connectivity index (χ0) is 40.2. The van der Waals surface area contributed by atoms with E-state index in [1.165, 1.54) is 6.92 Å². The molecule has 3 aliphatic rings. The minimum Gasteiger partial charge on any atom is -0.543 e. The van der Waals surface area contributed by atoms with Crippen LogP contribution in [0, 0.1) is 28.6 Å². The van der Waals surface area contributed by atoms with Gasteiger partial charge in [-0.3, -0.25) is 9.78 Å². The van der Waals surface area contributed by atoms with Crippen LogP contribution in [0.4, 0.5) is 0 Å². The summed E-state index contributed by atoms with van der Waals surface area (Å²) < 4.78 is 31.8. The van der Waals surface area contributed by atoms with Crippen LogP contribution in [0.3, 0.4) is 0 Å². The Morgan fingerprint density at radius 1 is 1.02 bits per heavy atom. The molecule has 1 N–H and O–H groups in total. The van der Waals surface area contributed by atoms with Crippen molar-refractivity contribution in [3.63, 3.8) is 0 Å². The average molecular weight is 774 g/mol. The van der Waals surface area contributed by atoms with Crippen molar-refractivity contribution in [1.82, 2.24) is 4.98 Å². The molecule has 2 aliphatic carbocycles. The Kier molecular flexibility index (Phi) is 11.0. The van der Waals surface area contributed by atoms with Crippen molar-refractivity contribution in [2.75, 3.05) is 6.61 Å². The predicted molar refractivity (Wildman–Crippen MR) is 212 cm³/mol. The molecule has 0 saturated heterocycles. The number of rotatable bonds is 10. The van der Waals surface area contributed by atoms with Gasteiger partial charge in [0.25, 0.3) is 8.32 Å². The van der Waals surface area contributed by atoms with Crippen LogP contribution in [0.1, 0.15) is 117 Å². The molecule has 11 heteroatoms. The molecular weight excluding hydrogens is 715 g/mol. The number of ether oxygens (including phenoxy) is 3. The van der Waals surface area contributed by atoms with Crippen molar-refractivity contribution in [3.05, 3.63) is 76.4 Å². The van der Waals surface area contributed by atoms with Crippen LogP contribution >= 0.6 is 0 Å². The predicted octanol–water partition coefficient (Wildman–Crippen LogP) is 9.31. The maximum absolute atomic E-state index is 14.2. The first-order valence-electron chi connectivity index (χ1n) is 19.9. The number of fused-ring (bicyclic) bond motifs is 4. The van der Waals surface area contributed by atoms with E-state index in [0.717, 1.165) is 18.6 Å². The number of carbonyl (C=O) groups excluding carboxylic acids is 2. The lowest BCUT2D eigenvalue weighted by molar-refractivity contribution is -0.257. The van der Waals surface area contributed by atoms with E-state index in [4.69, 9.17) is 23.1 Å². The third-order valence-electron chi connectivity index (χ3n) is 14.0. The monoisotopic (exact) mass is 773 g/mol. The second kappa shape index (κ2) is 14.8. The molecule has 2 fully saturated rings. The fraction of sp³-hybridized carbons (Fsp3) is 0.591. The van der Waals surface area contributed by atoms with E-state index >= 15 is 0 Å². The summed E-state index contributed by atoms with van der Waals surface area (Å²) in [5, 5.41) is 12.4. The third-order valence-corrected chi connectivity index (χ3v) is 20.0. The average Bonchev–Trinajstić information content (AvgIpc) is 3.12. The summed E-state index contributed by atoms with van der Waals surface area (Å²) in [7, 11) is -2.22. The maximum Gasteiger partial charge on any atom is 0.345 e. The van der Waals surface area contributed by atoms with Gasteiger partial charge in [-0.2, -0.15) is 0 Å². The van der Waals surface area contributed by atoms with Gasteiger partial charge in [0.05, 0.1) is 18.3 Å². The molecule has 0 spiro atoms. The minimum atomic E-state index is -2.22. The molecule has 0 bridgehead atoms. The van der Waals surface area contributed by atoms with E-state index in [1.807, 2.05) is 19.1 Å². The zero-order valence-corrected chi connectivity index (χ0v) is 35.3. The Morgan fingerprint density at radius 3 is 2.25 bits per heavy atom. The number of carbonyl (C=O) groups is 2. The van der Waals surface area contributed by atoms with Crippen LogP contribution < -0.4 is 14.8 Å². The SMILES string of the molecule is CC(=O)OCC1(C)C2C[C@H](OC(=O)c3ccc(O[Si](C(C)C)(C(C)C)C(C)C)cc3)[C@@]3(C)Oc4cc(-c5cccnc5)oc(=O)c4[C@H](O)C3[C@@]2(C)CC[C@@H]1C. The molecule has 6 rings (SSSR count). The molecule has 3 aromatic rings. The Balaban J connectivity index is 1.41. The number of pyridine rings is 1. The Labute approximate surface area is 326 Å². The fourth-order valence-electron chi connectivity index (χ4n) is 11.1. The maximum atomic E-state index is 14.2. The van der Waals surface area contributed by atoms with E-state index in [9.17, 15) is 19.5 Å². The number of aliphatic hydroxyl groups is 1. The molecule has 3 heterocycles. The number of hydrogen-bond donors (Lipinski definition) is 1. The van der Waals surface area contributed by atoms with E-state index in [-0.39, 0.29) is 41.5 Å². The summed E-state index contributed by atoms with van der Waals surface area (Å²) in [6, 6.07) is 12.3. The van der Waals surface area contributed by atoms with Crippen LogP contribution in [0.5, 0.6) is 11.5 Å². The molecular formula is C44H59NO9Si. The molecule has 8 atom stereocenters. The second-order valence-electron chi connectivity index (χ2n) is 18.0. The van der Waals surface area contributed by atoms with Gasteiger partial charge in [0.2, 0.25) is 0 Å². The van der Waals surface area contributed by atoms with Crippen molar-refractivity contribution in [3.8, 4) is 22.8 Å². The number of hydrogen-bond acceptors (Lipinski definition) is 10. The Bertz CT molecular complexity index is 1920. The first-order valence-corrected chi connectivity index (χ1v) is 22.0. The number of esters is 2. The van der Waals surface area contributed by atoms with Gasteiger partial charge in [-0.1, -0.05) is 62.3 Å². The largest absolute Gasteiger partial charge is 0.543 e. The highest BCUT2D eigenvalue weighted by Gasteiger charge is 2.70. The molecule has 2 saturated carbocycles. The first kappa shape index (κ1) is 40.7. The van der Waals surface area contributed by atoms with Crippen molar-refractivity contribution >= 4 is 20.3 Å². The fourth-order valence-corrected chi connectivity index (χ4v) is 16.4. The standard InChI is InChI=1S/C44H59NO9Si/c1-25(2)55(26(3)4,27(5)6)54-32-16-14-30(15-17-32)40(48)52-36-22-35-42(9,19-18-28(7)43(35,10)24-50-29(8)46)39-38(47)37-34(53-44(36,39)11)21-33(51-41(37)49)31-13-12-20-45-23-31/h12-17,20-21,23,25-28,35-36,38-39,47H,18-19,22,24H2,1-11H3/t28-,35?,36-,38-,39?,42-,43?,44+/m0/s1. The lowest BCUT2D eigenvalue weighted by atomic mass is 9.41. The van der Waals surface area contributed by atoms with Crippen LogP contribution in [-0.4, -0.2) is 48.7 Å². The summed E-state index contributed by atoms with van der Waals surface area (Å²) in [5.74, 6) is -0.447. The summed E-state index contributed by atoms with van der Waals surface area (Å²) in [5.41, 5.74) is -0.934. The number of aromatic nitrogens is 1. The van der Waals surface area contributed by atoms with Gasteiger partial charge in [-0.25, -0.2) is 9.59 Å². The lowest BCUT2D eigenvalue weighted by Crippen LogP contribution is -2.70. The van der Waals surface area contributed by atoms with Gasteiger partial charge >= 0.3 is 17.6 Å². The second-order valence-corrected chi connectivity index (χ2v) is 23.4. The number of nitrogens with zero attached hydrogens (tertiary/aromatic N) is 1. The van der Waals surface area contributed by atoms with E-state index < -0.39 is 54.5 Å². The summed E-state index contributed by atoms with van der Waals surface area (Å²) in [4.78, 5) is 44.3. The van der Waals surface area contributed by atoms with Crippen molar-refractivity contribution in [1.29, 1.82) is 0 Å². The minimum absolute atomic E-state index is 0.0433. The normalized spacial score (nSPS) is 30.2. The third kappa shape index (κ3) is 6.83. The highest BCUT2D eigenvalue weighted by molar-refractivity contribution is 6.78. The van der Waals surface area contributed by atoms with Gasteiger partial charge in [0.15, 0.2) is 0 Å². The smallest absolute Gasteiger partial charge is 0.345 e. The van der Waals surface area contributed by atoms with Gasteiger partial charge in [0, 0.05) is 42.3 Å². The van der Waals surface area contributed by atoms with Crippen LogP contribution in [-0.2, 0) is 14.3 Å². The van der Waals surface area contributed by atoms with E-state index in [0.29, 0.717) is 34.2 Å². The molecule has 3 unspecified atom stereocenters. The van der Waals surface area contributed by atoms with Gasteiger partial charge in [-0.05, 0) is 96.5 Å². The van der Waals surface area contributed by atoms with Crippen LogP contribution in [0.25, 0.3) is 11.3 Å². The lowest BCUT2D eigenvalue weighted by Gasteiger charge is -2.66. The zero-order valence-electron chi connectivity index (χ0n) is 34.3. The molecule has 55 heavy (non-hydrogen) atoms. The van der Waals surface area contributed by atoms with Gasteiger partial charge in [0.1, 0.15) is 34.5 Å². The summed E-state index contributed by atoms with van der Waals surface area (Å²) >= 11 is 0. The molecule has 1 aliphatic heterocycles. The molecule has 0 amide bonds. The summed E-state index contributed by atoms with van der Waals surface area (Å²) in [6.45, 7) is 23.3. The van der Waals surface area contributed by atoms with Gasteiger partial charge < -0.3 is 28.2 Å². The highest BCUT2D eigenvalue weighted by atomic mass is 28.4. The number of aliphatic hydroxyl groups excluding tert-OH is 1. The van der Waals surface area contributed by atoms with Crippen LogP contribution in [0.2, 0.25) is 16.6 Å². The Morgan fingerprint density at radius 2 is 1.67 bits per heavy atom. The van der Waals surface area contributed by atoms with E-state index in [1.54, 1.807) is 42.7 Å². The van der Waals surface area contributed by atoms with Gasteiger partial charge in [-0.15, -0.1) is 0 Å². The molecule has 10 nitrogen and oxygen atoms in total. The topological polar surface area (TPSA) is 134 Å². The first-order chi connectivity index (χ1) is 25.8. The summed E-state index contributed by atoms with van der Waals surface area (Å²) in [6.07, 6.45) is 2.99. The Hall–Kier alpha value is -3.96. The van der Waals surface area contributed by atoms with Crippen molar-refractivity contribution in [2.24, 2.45) is 28.6 Å². The molecule has 298 valence electrons. The molecule has 1 aromatic carbocycles. The van der Waals surface area contributed by atoms with Crippen molar-refractivity contribution < 1.29 is 37.7 Å². The molecule has 0 radical (unpaired) electrons.